The van der Waals surface area contributed by atoms with Crippen molar-refractivity contribution in [2.45, 2.75) is 6.54 Å². The standard InChI is InChI=1S/C20H22ClN5O2/c1-28-11-10-26-14-23-18-12-15(2-3-16(18)20(26)27)24-6-8-25(9-7-24)19-4-5-22-13-17(19)21/h2-5,12-14H,6-11H2,1H3. The Morgan fingerprint density at radius 3 is 2.68 bits per heavy atom. The number of nitrogens with zero attached hydrogens (tertiary/aromatic N) is 5. The summed E-state index contributed by atoms with van der Waals surface area (Å²) >= 11 is 6.27. The van der Waals surface area contributed by atoms with Crippen LogP contribution in [-0.2, 0) is 11.3 Å². The van der Waals surface area contributed by atoms with E-state index in [4.69, 9.17) is 16.3 Å². The number of aromatic nitrogens is 3. The predicted molar refractivity (Wildman–Crippen MR) is 112 cm³/mol. The topological polar surface area (TPSA) is 63.5 Å². The first-order chi connectivity index (χ1) is 13.7. The number of fused-ring (bicyclic) bond motifs is 1. The Morgan fingerprint density at radius 2 is 1.93 bits per heavy atom. The fourth-order valence-electron chi connectivity index (χ4n) is 3.52. The number of piperazine rings is 1. The maximum absolute atomic E-state index is 12.6. The van der Waals surface area contributed by atoms with E-state index in [1.165, 1.54) is 0 Å². The van der Waals surface area contributed by atoms with Crippen LogP contribution >= 0.6 is 11.6 Å². The molecule has 0 spiro atoms. The molecule has 2 aromatic heterocycles. The molecule has 1 aliphatic heterocycles. The Kier molecular flexibility index (Phi) is 5.45. The molecular weight excluding hydrogens is 378 g/mol. The average Bonchev–Trinajstić information content (AvgIpc) is 2.74. The van der Waals surface area contributed by atoms with E-state index in [2.05, 4.69) is 19.8 Å². The summed E-state index contributed by atoms with van der Waals surface area (Å²) < 4.78 is 6.64. The maximum atomic E-state index is 12.6. The van der Waals surface area contributed by atoms with E-state index in [0.717, 1.165) is 43.1 Å². The average molecular weight is 400 g/mol. The number of methoxy groups -OCH3 is 1. The summed E-state index contributed by atoms with van der Waals surface area (Å²) in [6.07, 6.45) is 5.04. The van der Waals surface area contributed by atoms with Gasteiger partial charge in [-0.1, -0.05) is 11.6 Å². The molecule has 0 bridgehead atoms. The molecule has 0 saturated carbocycles. The molecule has 1 aromatic carbocycles. The number of rotatable bonds is 5. The third kappa shape index (κ3) is 3.68. The Balaban J connectivity index is 1.51. The molecule has 28 heavy (non-hydrogen) atoms. The number of hydrogen-bond acceptors (Lipinski definition) is 6. The molecule has 0 N–H and O–H groups in total. The lowest BCUT2D eigenvalue weighted by atomic mass is 10.2. The Labute approximate surface area is 168 Å². The van der Waals surface area contributed by atoms with Crippen LogP contribution in [0.25, 0.3) is 10.9 Å². The second-order valence-corrected chi connectivity index (χ2v) is 7.15. The van der Waals surface area contributed by atoms with Gasteiger partial charge in [-0.15, -0.1) is 0 Å². The summed E-state index contributed by atoms with van der Waals surface area (Å²) in [5.41, 5.74) is 2.78. The normalized spacial score (nSPS) is 14.6. The summed E-state index contributed by atoms with van der Waals surface area (Å²) in [5, 5.41) is 1.31. The quantitative estimate of drug-likeness (QED) is 0.656. The van der Waals surface area contributed by atoms with Crippen LogP contribution in [0.15, 0.2) is 47.8 Å². The minimum absolute atomic E-state index is 0.0363. The lowest BCUT2D eigenvalue weighted by Crippen LogP contribution is -2.46. The lowest BCUT2D eigenvalue weighted by molar-refractivity contribution is 0.186. The van der Waals surface area contributed by atoms with Gasteiger partial charge in [-0.3, -0.25) is 14.3 Å². The van der Waals surface area contributed by atoms with E-state index in [0.29, 0.717) is 23.6 Å². The zero-order chi connectivity index (χ0) is 19.5. The maximum Gasteiger partial charge on any atom is 0.261 e. The van der Waals surface area contributed by atoms with Gasteiger partial charge >= 0.3 is 0 Å². The molecule has 4 rings (SSSR count). The van der Waals surface area contributed by atoms with Crippen LogP contribution in [-0.4, -0.2) is 54.4 Å². The third-order valence-electron chi connectivity index (χ3n) is 5.08. The number of pyridine rings is 1. The second kappa shape index (κ2) is 8.16. The van der Waals surface area contributed by atoms with Gasteiger partial charge in [-0.05, 0) is 24.3 Å². The van der Waals surface area contributed by atoms with Crippen molar-refractivity contribution >= 4 is 33.9 Å². The zero-order valence-corrected chi connectivity index (χ0v) is 16.5. The summed E-state index contributed by atoms with van der Waals surface area (Å²) in [6, 6.07) is 7.82. The van der Waals surface area contributed by atoms with Gasteiger partial charge in [-0.2, -0.15) is 0 Å². The fourth-order valence-corrected chi connectivity index (χ4v) is 3.76. The number of ether oxygens (including phenoxy) is 1. The Bertz CT molecular complexity index is 1030. The summed E-state index contributed by atoms with van der Waals surface area (Å²) in [6.45, 7) is 4.46. The van der Waals surface area contributed by atoms with Crippen molar-refractivity contribution in [3.05, 3.63) is 58.4 Å². The molecule has 7 nitrogen and oxygen atoms in total. The van der Waals surface area contributed by atoms with Crippen LogP contribution in [0.3, 0.4) is 0 Å². The first-order valence-corrected chi connectivity index (χ1v) is 9.63. The van der Waals surface area contributed by atoms with Crippen molar-refractivity contribution < 1.29 is 4.74 Å². The zero-order valence-electron chi connectivity index (χ0n) is 15.7. The minimum Gasteiger partial charge on any atom is -0.383 e. The van der Waals surface area contributed by atoms with Crippen molar-refractivity contribution in [2.24, 2.45) is 0 Å². The molecule has 0 unspecified atom stereocenters. The molecule has 3 heterocycles. The van der Waals surface area contributed by atoms with Crippen LogP contribution in [0, 0.1) is 0 Å². The molecule has 0 atom stereocenters. The molecule has 8 heteroatoms. The van der Waals surface area contributed by atoms with Gasteiger partial charge in [0.1, 0.15) is 0 Å². The summed E-state index contributed by atoms with van der Waals surface area (Å²) in [7, 11) is 1.62. The van der Waals surface area contributed by atoms with E-state index >= 15 is 0 Å². The highest BCUT2D eigenvalue weighted by Gasteiger charge is 2.19. The highest BCUT2D eigenvalue weighted by molar-refractivity contribution is 6.33. The van der Waals surface area contributed by atoms with Gasteiger partial charge in [0.2, 0.25) is 0 Å². The Hall–Kier alpha value is -2.64. The van der Waals surface area contributed by atoms with Gasteiger partial charge in [0.25, 0.3) is 5.56 Å². The number of hydrogen-bond donors (Lipinski definition) is 0. The van der Waals surface area contributed by atoms with Crippen molar-refractivity contribution in [1.29, 1.82) is 0 Å². The molecule has 0 radical (unpaired) electrons. The van der Waals surface area contributed by atoms with Gasteiger partial charge in [-0.25, -0.2) is 4.98 Å². The second-order valence-electron chi connectivity index (χ2n) is 6.74. The van der Waals surface area contributed by atoms with E-state index in [9.17, 15) is 4.79 Å². The highest BCUT2D eigenvalue weighted by atomic mass is 35.5. The molecule has 3 aromatic rings. The van der Waals surface area contributed by atoms with Gasteiger partial charge in [0, 0.05) is 51.4 Å². The van der Waals surface area contributed by atoms with Gasteiger partial charge < -0.3 is 14.5 Å². The molecule has 0 amide bonds. The van der Waals surface area contributed by atoms with Gasteiger partial charge in [0.05, 0.1) is 41.1 Å². The molecule has 146 valence electrons. The highest BCUT2D eigenvalue weighted by Crippen LogP contribution is 2.27. The van der Waals surface area contributed by atoms with Crippen LogP contribution in [0.1, 0.15) is 0 Å². The monoisotopic (exact) mass is 399 g/mol. The fraction of sp³-hybridized carbons (Fsp3) is 0.350. The minimum atomic E-state index is -0.0363. The number of anilines is 2. The number of benzene rings is 1. The van der Waals surface area contributed by atoms with Crippen molar-refractivity contribution in [2.75, 3.05) is 49.7 Å². The van der Waals surface area contributed by atoms with Crippen LogP contribution in [0.4, 0.5) is 11.4 Å². The van der Waals surface area contributed by atoms with Crippen molar-refractivity contribution in [1.82, 2.24) is 14.5 Å². The van der Waals surface area contributed by atoms with Crippen LogP contribution < -0.4 is 15.4 Å². The van der Waals surface area contributed by atoms with E-state index in [1.807, 2.05) is 24.3 Å². The third-order valence-corrected chi connectivity index (χ3v) is 5.37. The van der Waals surface area contributed by atoms with Crippen molar-refractivity contribution in [3.63, 3.8) is 0 Å². The SMILES string of the molecule is COCCn1cnc2cc(N3CCN(c4ccncc4Cl)CC3)ccc2c1=O. The lowest BCUT2D eigenvalue weighted by Gasteiger charge is -2.37. The van der Waals surface area contributed by atoms with E-state index in [1.54, 1.807) is 30.4 Å². The smallest absolute Gasteiger partial charge is 0.261 e. The van der Waals surface area contributed by atoms with Crippen molar-refractivity contribution in [3.8, 4) is 0 Å². The first kappa shape index (κ1) is 18.7. The van der Waals surface area contributed by atoms with Crippen LogP contribution in [0.5, 0.6) is 0 Å². The van der Waals surface area contributed by atoms with E-state index < -0.39 is 0 Å². The molecule has 1 saturated heterocycles. The largest absolute Gasteiger partial charge is 0.383 e. The van der Waals surface area contributed by atoms with E-state index in [-0.39, 0.29) is 5.56 Å². The van der Waals surface area contributed by atoms with Crippen LogP contribution in [0.2, 0.25) is 5.02 Å². The molecule has 1 aliphatic rings. The number of halogens is 1. The molecule has 0 aliphatic carbocycles. The molecule has 1 fully saturated rings. The Morgan fingerprint density at radius 1 is 1.14 bits per heavy atom. The first-order valence-electron chi connectivity index (χ1n) is 9.25. The van der Waals surface area contributed by atoms with Gasteiger partial charge in [0.15, 0.2) is 0 Å². The predicted octanol–water partition coefficient (Wildman–Crippen LogP) is 2.42. The summed E-state index contributed by atoms with van der Waals surface area (Å²) in [5.74, 6) is 0. The molecular formula is C20H22ClN5O2. The summed E-state index contributed by atoms with van der Waals surface area (Å²) in [4.78, 5) is 25.7.